The summed E-state index contributed by atoms with van der Waals surface area (Å²) in [5, 5.41) is 0. The van der Waals surface area contributed by atoms with Crippen molar-refractivity contribution in [2.24, 2.45) is 0 Å². The molecule has 152 valence electrons. The van der Waals surface area contributed by atoms with Crippen LogP contribution in [0.5, 0.6) is 17.2 Å². The SMILES string of the molecule is COc1ccc(-c2ccc(Oc3ccc(C)cc3S(=O)(=O)OC)c(C)c2)cc1C. The van der Waals surface area contributed by atoms with Crippen molar-refractivity contribution >= 4 is 10.1 Å². The zero-order chi connectivity index (χ0) is 21.2. The summed E-state index contributed by atoms with van der Waals surface area (Å²) in [7, 11) is -1.09. The Morgan fingerprint density at radius 1 is 0.690 bits per heavy atom. The van der Waals surface area contributed by atoms with Crippen LogP contribution in [0.4, 0.5) is 0 Å². The first-order valence-corrected chi connectivity index (χ1v) is 10.5. The molecule has 3 aromatic rings. The molecule has 6 heteroatoms. The summed E-state index contributed by atoms with van der Waals surface area (Å²) in [5.41, 5.74) is 4.84. The molecule has 0 N–H and O–H groups in total. The topological polar surface area (TPSA) is 61.8 Å². The van der Waals surface area contributed by atoms with E-state index in [1.54, 1.807) is 19.2 Å². The van der Waals surface area contributed by atoms with Crippen molar-refractivity contribution in [1.82, 2.24) is 0 Å². The molecule has 0 fully saturated rings. The van der Waals surface area contributed by atoms with E-state index in [1.807, 2.05) is 51.1 Å². The Kier molecular flexibility index (Phi) is 5.96. The van der Waals surface area contributed by atoms with Crippen LogP contribution in [0.15, 0.2) is 59.5 Å². The first kappa shape index (κ1) is 20.9. The average molecular weight is 413 g/mol. The summed E-state index contributed by atoms with van der Waals surface area (Å²) >= 11 is 0. The molecule has 0 aromatic heterocycles. The Hall–Kier alpha value is -2.83. The van der Waals surface area contributed by atoms with E-state index in [-0.39, 0.29) is 10.6 Å². The number of methoxy groups -OCH3 is 1. The van der Waals surface area contributed by atoms with Crippen LogP contribution in [0.2, 0.25) is 0 Å². The fraction of sp³-hybridized carbons (Fsp3) is 0.217. The van der Waals surface area contributed by atoms with E-state index in [4.69, 9.17) is 9.47 Å². The van der Waals surface area contributed by atoms with E-state index >= 15 is 0 Å². The molecule has 3 rings (SSSR count). The van der Waals surface area contributed by atoms with Crippen molar-refractivity contribution < 1.29 is 22.1 Å². The molecular weight excluding hydrogens is 388 g/mol. The van der Waals surface area contributed by atoms with Crippen LogP contribution in [0.1, 0.15) is 16.7 Å². The largest absolute Gasteiger partial charge is 0.496 e. The van der Waals surface area contributed by atoms with Crippen LogP contribution in [0.25, 0.3) is 11.1 Å². The van der Waals surface area contributed by atoms with E-state index < -0.39 is 10.1 Å². The smallest absolute Gasteiger partial charge is 0.300 e. The fourth-order valence-electron chi connectivity index (χ4n) is 3.10. The molecule has 0 atom stereocenters. The molecule has 0 aliphatic heterocycles. The van der Waals surface area contributed by atoms with E-state index in [9.17, 15) is 8.42 Å². The van der Waals surface area contributed by atoms with Gasteiger partial charge in [0.1, 0.15) is 22.1 Å². The van der Waals surface area contributed by atoms with Crippen LogP contribution in [-0.2, 0) is 14.3 Å². The molecule has 29 heavy (non-hydrogen) atoms. The molecule has 0 saturated carbocycles. The first-order chi connectivity index (χ1) is 13.7. The van der Waals surface area contributed by atoms with Gasteiger partial charge >= 0.3 is 0 Å². The van der Waals surface area contributed by atoms with Crippen LogP contribution in [0, 0.1) is 20.8 Å². The lowest BCUT2D eigenvalue weighted by molar-refractivity contribution is 0.391. The molecule has 0 amide bonds. The van der Waals surface area contributed by atoms with Gasteiger partial charge in [-0.25, -0.2) is 0 Å². The summed E-state index contributed by atoms with van der Waals surface area (Å²) in [4.78, 5) is 0.00857. The Bertz CT molecular complexity index is 1150. The van der Waals surface area contributed by atoms with Crippen LogP contribution in [0.3, 0.4) is 0 Å². The van der Waals surface area contributed by atoms with Crippen molar-refractivity contribution in [3.63, 3.8) is 0 Å². The molecule has 0 heterocycles. The maximum absolute atomic E-state index is 12.3. The lowest BCUT2D eigenvalue weighted by Gasteiger charge is -2.14. The predicted molar refractivity (Wildman–Crippen MR) is 113 cm³/mol. The maximum Gasteiger partial charge on any atom is 0.300 e. The molecule has 3 aromatic carbocycles. The van der Waals surface area contributed by atoms with Gasteiger partial charge in [-0.05, 0) is 85.0 Å². The molecule has 0 aliphatic carbocycles. The lowest BCUT2D eigenvalue weighted by Crippen LogP contribution is -2.05. The predicted octanol–water partition coefficient (Wildman–Crippen LogP) is 5.41. The van der Waals surface area contributed by atoms with Gasteiger partial charge in [0.25, 0.3) is 10.1 Å². The normalized spacial score (nSPS) is 11.3. The van der Waals surface area contributed by atoms with Crippen LogP contribution in [-0.4, -0.2) is 22.6 Å². The number of benzene rings is 3. The van der Waals surface area contributed by atoms with Crippen LogP contribution < -0.4 is 9.47 Å². The molecule has 5 nitrogen and oxygen atoms in total. The second-order valence-corrected chi connectivity index (χ2v) is 8.52. The summed E-state index contributed by atoms with van der Waals surface area (Å²) < 4.78 is 40.5. The monoisotopic (exact) mass is 412 g/mol. The number of hydrogen-bond donors (Lipinski definition) is 0. The van der Waals surface area contributed by atoms with Gasteiger partial charge < -0.3 is 9.47 Å². The summed E-state index contributed by atoms with van der Waals surface area (Å²) in [6.45, 7) is 5.74. The lowest BCUT2D eigenvalue weighted by atomic mass is 10.0. The molecule has 0 aliphatic rings. The minimum absolute atomic E-state index is 0.00857. The minimum Gasteiger partial charge on any atom is -0.496 e. The molecule has 0 unspecified atom stereocenters. The third-order valence-electron chi connectivity index (χ3n) is 4.71. The highest BCUT2D eigenvalue weighted by Gasteiger charge is 2.20. The van der Waals surface area contributed by atoms with E-state index in [0.717, 1.165) is 40.7 Å². The van der Waals surface area contributed by atoms with Gasteiger partial charge in [-0.3, -0.25) is 4.18 Å². The van der Waals surface area contributed by atoms with Crippen molar-refractivity contribution in [2.45, 2.75) is 25.7 Å². The Morgan fingerprint density at radius 3 is 1.76 bits per heavy atom. The third-order valence-corrected chi connectivity index (χ3v) is 6.01. The highest BCUT2D eigenvalue weighted by Crippen LogP contribution is 2.34. The number of hydrogen-bond acceptors (Lipinski definition) is 5. The quantitative estimate of drug-likeness (QED) is 0.506. The first-order valence-electron chi connectivity index (χ1n) is 9.10. The van der Waals surface area contributed by atoms with Gasteiger partial charge in [0.05, 0.1) is 14.2 Å². The van der Waals surface area contributed by atoms with E-state index in [1.165, 1.54) is 6.07 Å². The van der Waals surface area contributed by atoms with Gasteiger partial charge in [-0.15, -0.1) is 0 Å². The van der Waals surface area contributed by atoms with Gasteiger partial charge in [0, 0.05) is 0 Å². The minimum atomic E-state index is -3.88. The van der Waals surface area contributed by atoms with Crippen molar-refractivity contribution in [1.29, 1.82) is 0 Å². The Balaban J connectivity index is 1.96. The Morgan fingerprint density at radius 2 is 1.24 bits per heavy atom. The fourth-order valence-corrected chi connectivity index (χ4v) is 3.97. The van der Waals surface area contributed by atoms with Crippen molar-refractivity contribution in [3.05, 3.63) is 71.3 Å². The number of ether oxygens (including phenoxy) is 2. The highest BCUT2D eigenvalue weighted by atomic mass is 32.2. The second kappa shape index (κ2) is 8.27. The van der Waals surface area contributed by atoms with E-state index in [0.29, 0.717) is 5.75 Å². The van der Waals surface area contributed by atoms with Crippen LogP contribution >= 0.6 is 0 Å². The molecule has 0 spiro atoms. The van der Waals surface area contributed by atoms with E-state index in [2.05, 4.69) is 10.2 Å². The summed E-state index contributed by atoms with van der Waals surface area (Å²) in [6.07, 6.45) is 0. The van der Waals surface area contributed by atoms with Gasteiger partial charge in [0.2, 0.25) is 0 Å². The maximum atomic E-state index is 12.3. The highest BCUT2D eigenvalue weighted by molar-refractivity contribution is 7.86. The average Bonchev–Trinajstić information content (AvgIpc) is 2.70. The zero-order valence-electron chi connectivity index (χ0n) is 17.1. The molecule has 0 saturated heterocycles. The number of aryl methyl sites for hydroxylation is 3. The van der Waals surface area contributed by atoms with Gasteiger partial charge in [0.15, 0.2) is 0 Å². The third kappa shape index (κ3) is 4.44. The van der Waals surface area contributed by atoms with Gasteiger partial charge in [-0.1, -0.05) is 18.2 Å². The molecular formula is C23H24O5S. The summed E-state index contributed by atoms with van der Waals surface area (Å²) in [5.74, 6) is 1.65. The number of rotatable bonds is 6. The van der Waals surface area contributed by atoms with Crippen molar-refractivity contribution in [3.8, 4) is 28.4 Å². The standard InChI is InChI=1S/C23H24O5S/c1-15-6-9-22(23(12-15)29(24,25)27-5)28-21-11-8-19(14-17(21)3)18-7-10-20(26-4)16(2)13-18/h6-14H,1-5H3. The zero-order valence-corrected chi connectivity index (χ0v) is 18.0. The van der Waals surface area contributed by atoms with Gasteiger partial charge in [-0.2, -0.15) is 8.42 Å². The molecule has 0 bridgehead atoms. The Labute approximate surface area is 172 Å². The second-order valence-electron chi connectivity index (χ2n) is 6.84. The molecule has 0 radical (unpaired) electrons. The van der Waals surface area contributed by atoms with Crippen molar-refractivity contribution in [2.75, 3.05) is 14.2 Å². The summed E-state index contributed by atoms with van der Waals surface area (Å²) in [6, 6.07) is 16.8.